The van der Waals surface area contributed by atoms with Crippen LogP contribution in [0.4, 0.5) is 5.82 Å². The minimum atomic E-state index is -1.22. The first-order chi connectivity index (χ1) is 14.1. The average molecular weight is 392 g/mol. The van der Waals surface area contributed by atoms with Crippen LogP contribution in [0.25, 0.3) is 32.9 Å². The number of ether oxygens (including phenoxy) is 1. The van der Waals surface area contributed by atoms with Crippen molar-refractivity contribution in [1.29, 1.82) is 0 Å². The van der Waals surface area contributed by atoms with Gasteiger partial charge in [0, 0.05) is 11.8 Å². The topological polar surface area (TPSA) is 127 Å². The van der Waals surface area contributed by atoms with Gasteiger partial charge in [-0.2, -0.15) is 0 Å². The minimum absolute atomic E-state index is 0.309. The first kappa shape index (κ1) is 18.0. The van der Waals surface area contributed by atoms with E-state index >= 15 is 0 Å². The third kappa shape index (κ3) is 2.69. The molecule has 2 aromatic heterocycles. The number of hydrogen-bond donors (Lipinski definition) is 4. The standard InChI is InChI=1S/C21H20N4O4/c22-19-16-14(13-7-3-5-11-4-1-2-6-12(11)13)8-25(20(16)24-10-23-19)21-18(28)17(27)15(9-26)29-21/h1-8,10,15,17-18,21,26-28H,9H2,(H2,22,23,24)/t15-,17?,18?,21-/m1/s1. The monoisotopic (exact) mass is 392 g/mol. The first-order valence-electron chi connectivity index (χ1n) is 9.31. The van der Waals surface area contributed by atoms with Crippen LogP contribution in [0.15, 0.2) is 55.0 Å². The van der Waals surface area contributed by atoms with Crippen molar-refractivity contribution in [3.63, 3.8) is 0 Å². The zero-order chi connectivity index (χ0) is 20.1. The predicted octanol–water partition coefficient (Wildman–Crippen LogP) is 1.45. The second-order valence-electron chi connectivity index (χ2n) is 7.16. The number of rotatable bonds is 3. The van der Waals surface area contributed by atoms with Gasteiger partial charge in [0.1, 0.15) is 36.1 Å². The molecule has 3 heterocycles. The summed E-state index contributed by atoms with van der Waals surface area (Å²) in [6, 6.07) is 14.0. The number of nitrogen functional groups attached to an aromatic ring is 1. The summed E-state index contributed by atoms with van der Waals surface area (Å²) in [5.41, 5.74) is 8.43. The summed E-state index contributed by atoms with van der Waals surface area (Å²) in [4.78, 5) is 8.50. The first-order valence-corrected chi connectivity index (χ1v) is 9.31. The Kier molecular flexibility index (Phi) is 4.21. The summed E-state index contributed by atoms with van der Waals surface area (Å²) in [6.45, 7) is -0.402. The van der Waals surface area contributed by atoms with Gasteiger partial charge in [-0.1, -0.05) is 42.5 Å². The molecule has 8 heteroatoms. The largest absolute Gasteiger partial charge is 0.394 e. The van der Waals surface area contributed by atoms with E-state index < -0.39 is 31.1 Å². The van der Waals surface area contributed by atoms with Crippen molar-refractivity contribution in [2.45, 2.75) is 24.5 Å². The van der Waals surface area contributed by atoms with E-state index in [1.165, 1.54) is 6.33 Å². The van der Waals surface area contributed by atoms with Crippen LogP contribution in [0.3, 0.4) is 0 Å². The van der Waals surface area contributed by atoms with Crippen molar-refractivity contribution < 1.29 is 20.1 Å². The van der Waals surface area contributed by atoms with Gasteiger partial charge in [-0.3, -0.25) is 0 Å². The lowest BCUT2D eigenvalue weighted by Crippen LogP contribution is -2.33. The van der Waals surface area contributed by atoms with E-state index in [1.807, 2.05) is 42.5 Å². The molecule has 5 rings (SSSR count). The summed E-state index contributed by atoms with van der Waals surface area (Å²) in [6.07, 6.45) is -1.07. The van der Waals surface area contributed by atoms with Crippen molar-refractivity contribution >= 4 is 27.6 Å². The predicted molar refractivity (Wildman–Crippen MR) is 108 cm³/mol. The summed E-state index contributed by atoms with van der Waals surface area (Å²) in [5, 5.41) is 32.9. The number of hydrogen-bond acceptors (Lipinski definition) is 7. The lowest BCUT2D eigenvalue weighted by atomic mass is 9.98. The van der Waals surface area contributed by atoms with Crippen molar-refractivity contribution in [1.82, 2.24) is 14.5 Å². The number of benzene rings is 2. The van der Waals surface area contributed by atoms with Crippen molar-refractivity contribution in [2.24, 2.45) is 0 Å². The fourth-order valence-electron chi connectivity index (χ4n) is 4.08. The smallest absolute Gasteiger partial charge is 0.164 e. The van der Waals surface area contributed by atoms with Gasteiger partial charge in [-0.25, -0.2) is 9.97 Å². The van der Waals surface area contributed by atoms with Gasteiger partial charge in [0.25, 0.3) is 0 Å². The Morgan fingerprint density at radius 1 is 1.00 bits per heavy atom. The fourth-order valence-corrected chi connectivity index (χ4v) is 4.08. The maximum Gasteiger partial charge on any atom is 0.164 e. The van der Waals surface area contributed by atoms with Crippen LogP contribution in [0.1, 0.15) is 6.23 Å². The van der Waals surface area contributed by atoms with Crippen LogP contribution in [0, 0.1) is 0 Å². The molecule has 8 nitrogen and oxygen atoms in total. The Morgan fingerprint density at radius 2 is 1.79 bits per heavy atom. The highest BCUT2D eigenvalue weighted by atomic mass is 16.6. The molecule has 0 radical (unpaired) electrons. The number of aliphatic hydroxyl groups is 3. The van der Waals surface area contributed by atoms with Gasteiger partial charge in [0.15, 0.2) is 6.23 Å². The SMILES string of the molecule is Nc1ncnc2c1c(-c1cccc3ccccc13)cn2[C@@H]1O[C@H](CO)C(O)C1O. The van der Waals surface area contributed by atoms with Crippen molar-refractivity contribution in [3.8, 4) is 11.1 Å². The van der Waals surface area contributed by atoms with Crippen LogP contribution < -0.4 is 5.73 Å². The third-order valence-corrected chi connectivity index (χ3v) is 5.51. The van der Waals surface area contributed by atoms with Crippen LogP contribution in [0.5, 0.6) is 0 Å². The highest BCUT2D eigenvalue weighted by molar-refractivity contribution is 6.07. The highest BCUT2D eigenvalue weighted by Gasteiger charge is 2.44. The van der Waals surface area contributed by atoms with E-state index in [0.717, 1.165) is 21.9 Å². The molecule has 1 saturated heterocycles. The second-order valence-corrected chi connectivity index (χ2v) is 7.16. The van der Waals surface area contributed by atoms with Gasteiger partial charge in [-0.05, 0) is 16.3 Å². The quantitative estimate of drug-likeness (QED) is 0.416. The molecule has 148 valence electrons. The summed E-state index contributed by atoms with van der Waals surface area (Å²) in [7, 11) is 0. The molecule has 1 fully saturated rings. The van der Waals surface area contributed by atoms with Crippen molar-refractivity contribution in [3.05, 3.63) is 55.0 Å². The zero-order valence-electron chi connectivity index (χ0n) is 15.4. The molecule has 1 aliphatic rings. The van der Waals surface area contributed by atoms with Gasteiger partial charge in [0.05, 0.1) is 12.0 Å². The maximum atomic E-state index is 10.5. The van der Waals surface area contributed by atoms with Crippen LogP contribution in [0.2, 0.25) is 0 Å². The summed E-state index contributed by atoms with van der Waals surface area (Å²) >= 11 is 0. The molecule has 2 aromatic carbocycles. The molecule has 4 atom stereocenters. The Morgan fingerprint density at radius 3 is 2.59 bits per heavy atom. The molecular formula is C21H20N4O4. The minimum Gasteiger partial charge on any atom is -0.394 e. The normalized spacial score (nSPS) is 24.5. The molecule has 29 heavy (non-hydrogen) atoms. The Hall–Kier alpha value is -3.04. The van der Waals surface area contributed by atoms with Gasteiger partial charge < -0.3 is 30.4 Å². The highest BCUT2D eigenvalue weighted by Crippen LogP contribution is 2.40. The molecule has 0 spiro atoms. The molecule has 0 bridgehead atoms. The molecule has 5 N–H and O–H groups in total. The van der Waals surface area contributed by atoms with Crippen LogP contribution in [-0.4, -0.2) is 54.8 Å². The van der Waals surface area contributed by atoms with E-state index in [2.05, 4.69) is 9.97 Å². The molecule has 2 unspecified atom stereocenters. The number of anilines is 1. The van der Waals surface area contributed by atoms with Crippen LogP contribution in [-0.2, 0) is 4.74 Å². The second kappa shape index (κ2) is 6.78. The van der Waals surface area contributed by atoms with E-state index in [9.17, 15) is 15.3 Å². The molecule has 4 aromatic rings. The van der Waals surface area contributed by atoms with E-state index in [4.69, 9.17) is 10.5 Å². The molecule has 0 amide bonds. The summed E-state index contributed by atoms with van der Waals surface area (Å²) in [5.74, 6) is 0.309. The van der Waals surface area contributed by atoms with Gasteiger partial charge in [0.2, 0.25) is 0 Å². The van der Waals surface area contributed by atoms with Gasteiger partial charge in [-0.15, -0.1) is 0 Å². The molecule has 1 aliphatic heterocycles. The van der Waals surface area contributed by atoms with E-state index in [0.29, 0.717) is 16.9 Å². The number of aromatic nitrogens is 3. The Balaban J connectivity index is 1.76. The summed E-state index contributed by atoms with van der Waals surface area (Å²) < 4.78 is 7.36. The number of nitrogens with zero attached hydrogens (tertiary/aromatic N) is 3. The van der Waals surface area contributed by atoms with Gasteiger partial charge >= 0.3 is 0 Å². The Labute approximate surface area is 165 Å². The molecular weight excluding hydrogens is 372 g/mol. The third-order valence-electron chi connectivity index (χ3n) is 5.51. The van der Waals surface area contributed by atoms with E-state index in [-0.39, 0.29) is 0 Å². The van der Waals surface area contributed by atoms with E-state index in [1.54, 1.807) is 10.8 Å². The fraction of sp³-hybridized carbons (Fsp3) is 0.238. The number of nitrogens with two attached hydrogens (primary N) is 1. The molecule has 0 aliphatic carbocycles. The molecule has 0 saturated carbocycles. The zero-order valence-corrected chi connectivity index (χ0v) is 15.4. The maximum absolute atomic E-state index is 10.5. The lowest BCUT2D eigenvalue weighted by molar-refractivity contribution is -0.0508. The van der Waals surface area contributed by atoms with Crippen molar-refractivity contribution in [2.75, 3.05) is 12.3 Å². The average Bonchev–Trinajstić information content (AvgIpc) is 3.26. The Bertz CT molecular complexity index is 1200. The lowest BCUT2D eigenvalue weighted by Gasteiger charge is -2.17. The number of aliphatic hydroxyl groups excluding tert-OH is 3. The number of fused-ring (bicyclic) bond motifs is 2. The van der Waals surface area contributed by atoms with Crippen LogP contribution >= 0.6 is 0 Å².